The summed E-state index contributed by atoms with van der Waals surface area (Å²) in [6.07, 6.45) is 2.27. The quantitative estimate of drug-likeness (QED) is 0.899. The molecule has 0 saturated carbocycles. The van der Waals surface area contributed by atoms with Crippen LogP contribution in [0.2, 0.25) is 0 Å². The Morgan fingerprint density at radius 2 is 2.47 bits per heavy atom. The van der Waals surface area contributed by atoms with Crippen molar-refractivity contribution in [1.29, 1.82) is 0 Å². The van der Waals surface area contributed by atoms with Crippen LogP contribution in [0, 0.1) is 0 Å². The third kappa shape index (κ3) is 2.52. The number of hydrogen-bond acceptors (Lipinski definition) is 4. The number of rotatable bonds is 4. The Morgan fingerprint density at radius 3 is 3.00 bits per heavy atom. The molecule has 2 heterocycles. The van der Waals surface area contributed by atoms with Gasteiger partial charge in [0.2, 0.25) is 0 Å². The maximum absolute atomic E-state index is 11.9. The Bertz CT molecular complexity index is 491. The van der Waals surface area contributed by atoms with Crippen LogP contribution in [-0.2, 0) is 7.05 Å². The molecule has 0 saturated heterocycles. The van der Waals surface area contributed by atoms with Crippen molar-refractivity contribution < 1.29 is 4.79 Å². The van der Waals surface area contributed by atoms with Crippen molar-refractivity contribution in [1.82, 2.24) is 20.1 Å². The van der Waals surface area contributed by atoms with E-state index in [0.717, 1.165) is 12.2 Å². The number of hydrogen-bond donors (Lipinski definition) is 1. The number of carbonyl (C=O) groups is 1. The number of aryl methyl sites for hydroxylation is 1. The van der Waals surface area contributed by atoms with E-state index in [2.05, 4.69) is 15.4 Å². The molecule has 2 rings (SSSR count). The van der Waals surface area contributed by atoms with E-state index >= 15 is 0 Å². The van der Waals surface area contributed by atoms with Crippen LogP contribution >= 0.6 is 11.3 Å². The Labute approximate surface area is 103 Å². The molecule has 0 aliphatic carbocycles. The summed E-state index contributed by atoms with van der Waals surface area (Å²) in [4.78, 5) is 16.1. The van der Waals surface area contributed by atoms with Gasteiger partial charge >= 0.3 is 0 Å². The second-order valence-electron chi connectivity index (χ2n) is 3.69. The Kier molecular flexibility index (Phi) is 3.53. The average Bonchev–Trinajstić information content (AvgIpc) is 2.96. The summed E-state index contributed by atoms with van der Waals surface area (Å²) in [6.45, 7) is 2.01. The van der Waals surface area contributed by atoms with E-state index in [1.54, 1.807) is 4.68 Å². The predicted molar refractivity (Wildman–Crippen MR) is 65.8 cm³/mol. The monoisotopic (exact) mass is 250 g/mol. The number of amides is 1. The van der Waals surface area contributed by atoms with E-state index in [1.165, 1.54) is 17.7 Å². The van der Waals surface area contributed by atoms with Crippen LogP contribution in [0.4, 0.5) is 0 Å². The number of carbonyl (C=O) groups excluding carboxylic acids is 1. The largest absolute Gasteiger partial charge is 0.342 e. The van der Waals surface area contributed by atoms with E-state index < -0.39 is 0 Å². The standard InChI is InChI=1S/C11H14N4OS/c1-3-9(10-12-7-13-15(10)2)14-11(16)8-4-5-17-6-8/h4-7,9H,3H2,1-2H3,(H,14,16)/t9-/m0/s1. The summed E-state index contributed by atoms with van der Waals surface area (Å²) in [6, 6.07) is 1.71. The molecular weight excluding hydrogens is 236 g/mol. The zero-order chi connectivity index (χ0) is 12.3. The predicted octanol–water partition coefficient (Wildman–Crippen LogP) is 1.76. The highest BCUT2D eigenvalue weighted by molar-refractivity contribution is 7.08. The second kappa shape index (κ2) is 5.09. The van der Waals surface area contributed by atoms with Gasteiger partial charge in [-0.25, -0.2) is 4.98 Å². The van der Waals surface area contributed by atoms with E-state index in [0.29, 0.717) is 5.56 Å². The van der Waals surface area contributed by atoms with Gasteiger partial charge in [-0.2, -0.15) is 16.4 Å². The van der Waals surface area contributed by atoms with Crippen LogP contribution in [0.3, 0.4) is 0 Å². The zero-order valence-corrected chi connectivity index (χ0v) is 10.6. The zero-order valence-electron chi connectivity index (χ0n) is 9.75. The molecule has 0 bridgehead atoms. The smallest absolute Gasteiger partial charge is 0.252 e. The molecule has 1 atom stereocenters. The summed E-state index contributed by atoms with van der Waals surface area (Å²) >= 11 is 1.51. The second-order valence-corrected chi connectivity index (χ2v) is 4.47. The molecule has 0 fully saturated rings. The van der Waals surface area contributed by atoms with Gasteiger partial charge in [0.1, 0.15) is 12.2 Å². The highest BCUT2D eigenvalue weighted by Crippen LogP contribution is 2.14. The molecular formula is C11H14N4OS. The van der Waals surface area contributed by atoms with Gasteiger partial charge in [-0.15, -0.1) is 0 Å². The van der Waals surface area contributed by atoms with Gasteiger partial charge in [0.05, 0.1) is 11.6 Å². The van der Waals surface area contributed by atoms with Gasteiger partial charge in [-0.1, -0.05) is 6.92 Å². The Balaban J connectivity index is 2.11. The normalized spacial score (nSPS) is 12.4. The molecule has 6 heteroatoms. The van der Waals surface area contributed by atoms with Crippen LogP contribution < -0.4 is 5.32 Å². The molecule has 1 amide bonds. The third-order valence-electron chi connectivity index (χ3n) is 2.56. The summed E-state index contributed by atoms with van der Waals surface area (Å²) in [5.74, 6) is 0.706. The molecule has 0 spiro atoms. The summed E-state index contributed by atoms with van der Waals surface area (Å²) in [7, 11) is 1.82. The van der Waals surface area contributed by atoms with E-state index in [4.69, 9.17) is 0 Å². The van der Waals surface area contributed by atoms with Gasteiger partial charge in [0.25, 0.3) is 5.91 Å². The molecule has 2 aromatic rings. The van der Waals surface area contributed by atoms with Crippen LogP contribution in [0.25, 0.3) is 0 Å². The first kappa shape index (κ1) is 11.8. The van der Waals surface area contributed by atoms with Crippen LogP contribution in [0.15, 0.2) is 23.2 Å². The lowest BCUT2D eigenvalue weighted by Gasteiger charge is -2.15. The molecule has 0 aliphatic rings. The number of nitrogens with one attached hydrogen (secondary N) is 1. The van der Waals surface area contributed by atoms with Crippen molar-refractivity contribution in [3.8, 4) is 0 Å². The first-order valence-corrected chi connectivity index (χ1v) is 6.33. The lowest BCUT2D eigenvalue weighted by Crippen LogP contribution is -2.29. The topological polar surface area (TPSA) is 59.8 Å². The van der Waals surface area contributed by atoms with Crippen molar-refractivity contribution in [3.05, 3.63) is 34.5 Å². The van der Waals surface area contributed by atoms with Crippen molar-refractivity contribution in [2.24, 2.45) is 7.05 Å². The van der Waals surface area contributed by atoms with Gasteiger partial charge in [-0.05, 0) is 17.9 Å². The third-order valence-corrected chi connectivity index (χ3v) is 3.24. The summed E-state index contributed by atoms with van der Waals surface area (Å²) < 4.78 is 1.68. The van der Waals surface area contributed by atoms with Crippen LogP contribution in [-0.4, -0.2) is 20.7 Å². The van der Waals surface area contributed by atoms with Gasteiger partial charge in [-0.3, -0.25) is 9.48 Å². The highest BCUT2D eigenvalue weighted by Gasteiger charge is 2.18. The SMILES string of the molecule is CC[C@H](NC(=O)c1ccsc1)c1ncnn1C. The minimum Gasteiger partial charge on any atom is -0.342 e. The molecule has 5 nitrogen and oxygen atoms in total. The Hall–Kier alpha value is -1.69. The number of thiophene rings is 1. The van der Waals surface area contributed by atoms with E-state index in [1.807, 2.05) is 30.8 Å². The molecule has 0 radical (unpaired) electrons. The van der Waals surface area contributed by atoms with Crippen LogP contribution in [0.5, 0.6) is 0 Å². The van der Waals surface area contributed by atoms with Gasteiger partial charge in [0.15, 0.2) is 0 Å². The fourth-order valence-electron chi connectivity index (χ4n) is 1.61. The minimum atomic E-state index is -0.102. The molecule has 90 valence electrons. The number of aromatic nitrogens is 3. The van der Waals surface area contributed by atoms with E-state index in [9.17, 15) is 4.79 Å². The fraction of sp³-hybridized carbons (Fsp3) is 0.364. The highest BCUT2D eigenvalue weighted by atomic mass is 32.1. The van der Waals surface area contributed by atoms with Crippen LogP contribution in [0.1, 0.15) is 35.6 Å². The van der Waals surface area contributed by atoms with Crippen molar-refractivity contribution >= 4 is 17.2 Å². The minimum absolute atomic E-state index is 0.0684. The van der Waals surface area contributed by atoms with E-state index in [-0.39, 0.29) is 11.9 Å². The lowest BCUT2D eigenvalue weighted by molar-refractivity contribution is 0.0933. The molecule has 2 aromatic heterocycles. The first-order chi connectivity index (χ1) is 8.22. The maximum Gasteiger partial charge on any atom is 0.252 e. The lowest BCUT2D eigenvalue weighted by atomic mass is 10.2. The van der Waals surface area contributed by atoms with Gasteiger partial charge in [0, 0.05) is 12.4 Å². The number of nitrogens with zero attached hydrogens (tertiary/aromatic N) is 3. The molecule has 0 aliphatic heterocycles. The van der Waals surface area contributed by atoms with Gasteiger partial charge < -0.3 is 5.32 Å². The average molecular weight is 250 g/mol. The molecule has 1 N–H and O–H groups in total. The summed E-state index contributed by atoms with van der Waals surface area (Å²) in [5, 5.41) is 10.7. The van der Waals surface area contributed by atoms with Crippen molar-refractivity contribution in [3.63, 3.8) is 0 Å². The molecule has 0 aromatic carbocycles. The summed E-state index contributed by atoms with van der Waals surface area (Å²) in [5.41, 5.74) is 0.690. The van der Waals surface area contributed by atoms with Crippen molar-refractivity contribution in [2.45, 2.75) is 19.4 Å². The Morgan fingerprint density at radius 1 is 1.65 bits per heavy atom. The van der Waals surface area contributed by atoms with Crippen molar-refractivity contribution in [2.75, 3.05) is 0 Å². The fourth-order valence-corrected chi connectivity index (χ4v) is 2.24. The molecule has 17 heavy (non-hydrogen) atoms. The first-order valence-electron chi connectivity index (χ1n) is 5.39. The molecule has 0 unspecified atom stereocenters. The maximum atomic E-state index is 11.9.